The first-order valence-corrected chi connectivity index (χ1v) is 6.46. The molecule has 3 nitrogen and oxygen atoms in total. The first-order valence-electron chi connectivity index (χ1n) is 5.71. The average molecular weight is 302 g/mol. The molecule has 0 fully saturated rings. The molecule has 1 aromatic carbocycles. The number of aryl methyl sites for hydroxylation is 1. The van der Waals surface area contributed by atoms with Gasteiger partial charge in [-0.25, -0.2) is 4.39 Å². The van der Waals surface area contributed by atoms with E-state index in [1.165, 1.54) is 12.1 Å². The van der Waals surface area contributed by atoms with Crippen LogP contribution in [0.5, 0.6) is 0 Å². The van der Waals surface area contributed by atoms with Gasteiger partial charge in [-0.2, -0.15) is 5.10 Å². The summed E-state index contributed by atoms with van der Waals surface area (Å²) in [4.78, 5) is 0. The van der Waals surface area contributed by atoms with Gasteiger partial charge in [-0.3, -0.25) is 4.68 Å². The summed E-state index contributed by atoms with van der Waals surface area (Å²) in [6.45, 7) is 1.80. The van der Waals surface area contributed by atoms with Crippen molar-refractivity contribution in [1.29, 1.82) is 0 Å². The monoisotopic (exact) mass is 301 g/mol. The second-order valence-corrected chi connectivity index (χ2v) is 5.68. The highest BCUT2D eigenvalue weighted by Gasteiger charge is 2.26. The molecule has 0 radical (unpaired) electrons. The second-order valence-electron chi connectivity index (χ2n) is 4.86. The molecule has 0 aliphatic carbocycles. The van der Waals surface area contributed by atoms with Crippen molar-refractivity contribution in [1.82, 2.24) is 9.78 Å². The summed E-state index contributed by atoms with van der Waals surface area (Å²) in [5, 5.41) is 4.43. The Bertz CT molecular complexity index is 608. The molecule has 1 unspecified atom stereocenters. The summed E-state index contributed by atoms with van der Waals surface area (Å²) in [5.41, 5.74) is 6.95. The van der Waals surface area contributed by atoms with Crippen molar-refractivity contribution in [3.63, 3.8) is 0 Å². The molecule has 2 N–H and O–H groups in total. The number of hydrogen-bond donors (Lipinski definition) is 1. The summed E-state index contributed by atoms with van der Waals surface area (Å²) >= 11 is 11.8. The van der Waals surface area contributed by atoms with E-state index in [0.29, 0.717) is 17.0 Å². The molecule has 19 heavy (non-hydrogen) atoms. The van der Waals surface area contributed by atoms with Gasteiger partial charge in [0.05, 0.1) is 11.2 Å². The minimum Gasteiger partial charge on any atom is -0.321 e. The quantitative estimate of drug-likeness (QED) is 0.884. The molecule has 0 saturated heterocycles. The molecular formula is C13H14Cl2FN3. The molecule has 0 aliphatic rings. The molecule has 2 aromatic rings. The Hall–Kier alpha value is -1.10. The van der Waals surface area contributed by atoms with Gasteiger partial charge in [-0.05, 0) is 36.6 Å². The first kappa shape index (κ1) is 14.3. The van der Waals surface area contributed by atoms with Crippen molar-refractivity contribution in [2.45, 2.75) is 18.9 Å². The zero-order chi connectivity index (χ0) is 14.2. The van der Waals surface area contributed by atoms with E-state index >= 15 is 0 Å². The van der Waals surface area contributed by atoms with Crippen LogP contribution in [0.1, 0.15) is 18.1 Å². The number of benzene rings is 1. The number of hydrogen-bond acceptors (Lipinski definition) is 2. The van der Waals surface area contributed by atoms with Gasteiger partial charge in [-0.15, -0.1) is 0 Å². The van der Waals surface area contributed by atoms with Crippen molar-refractivity contribution >= 4 is 23.2 Å². The van der Waals surface area contributed by atoms with Crippen molar-refractivity contribution in [3.05, 3.63) is 51.5 Å². The Morgan fingerprint density at radius 2 is 2.05 bits per heavy atom. The molecule has 0 bridgehead atoms. The van der Waals surface area contributed by atoms with Crippen molar-refractivity contribution in [2.75, 3.05) is 0 Å². The van der Waals surface area contributed by atoms with E-state index in [1.807, 2.05) is 13.2 Å². The van der Waals surface area contributed by atoms with Gasteiger partial charge in [0.25, 0.3) is 0 Å². The number of halogens is 3. The van der Waals surface area contributed by atoms with E-state index < -0.39 is 11.4 Å². The maximum Gasteiger partial charge on any atom is 0.142 e. The van der Waals surface area contributed by atoms with Gasteiger partial charge in [0.1, 0.15) is 5.82 Å². The van der Waals surface area contributed by atoms with Gasteiger partial charge in [0.15, 0.2) is 0 Å². The van der Waals surface area contributed by atoms with Crippen molar-refractivity contribution in [2.24, 2.45) is 12.8 Å². The maximum absolute atomic E-state index is 13.6. The molecule has 1 atom stereocenters. The third kappa shape index (κ3) is 3.08. The van der Waals surface area contributed by atoms with Crippen LogP contribution in [-0.2, 0) is 19.0 Å². The van der Waals surface area contributed by atoms with E-state index in [2.05, 4.69) is 5.10 Å². The minimum atomic E-state index is -0.800. The predicted molar refractivity (Wildman–Crippen MR) is 74.9 cm³/mol. The third-order valence-corrected chi connectivity index (χ3v) is 3.56. The molecule has 0 saturated carbocycles. The molecule has 0 spiro atoms. The molecule has 2 rings (SSSR count). The largest absolute Gasteiger partial charge is 0.321 e. The number of nitrogens with two attached hydrogens (primary N) is 1. The molecule has 0 aliphatic heterocycles. The van der Waals surface area contributed by atoms with Crippen LogP contribution in [0.2, 0.25) is 10.0 Å². The fourth-order valence-corrected chi connectivity index (χ4v) is 2.64. The van der Waals surface area contributed by atoms with Gasteiger partial charge < -0.3 is 5.73 Å². The zero-order valence-electron chi connectivity index (χ0n) is 10.6. The lowest BCUT2D eigenvalue weighted by Crippen LogP contribution is -2.35. The van der Waals surface area contributed by atoms with Crippen LogP contribution < -0.4 is 5.73 Å². The van der Waals surface area contributed by atoms with Crippen LogP contribution in [0, 0.1) is 5.82 Å². The normalized spacial score (nSPS) is 14.4. The number of aromatic nitrogens is 2. The minimum absolute atomic E-state index is 0.00840. The van der Waals surface area contributed by atoms with Crippen LogP contribution in [0.4, 0.5) is 4.39 Å². The Balaban J connectivity index is 2.36. The van der Waals surface area contributed by atoms with E-state index in [-0.39, 0.29) is 5.02 Å². The van der Waals surface area contributed by atoms with Gasteiger partial charge in [0, 0.05) is 23.8 Å². The SMILES string of the molecule is Cn1cc(CC(C)(N)c2cc(F)c(Cl)cc2Cl)cn1. The second kappa shape index (κ2) is 5.12. The molecule has 6 heteroatoms. The molecular weight excluding hydrogens is 288 g/mol. The number of nitrogens with zero attached hydrogens (tertiary/aromatic N) is 2. The maximum atomic E-state index is 13.6. The highest BCUT2D eigenvalue weighted by Crippen LogP contribution is 2.32. The molecule has 102 valence electrons. The lowest BCUT2D eigenvalue weighted by molar-refractivity contribution is 0.486. The van der Waals surface area contributed by atoms with Crippen LogP contribution in [0.15, 0.2) is 24.5 Å². The zero-order valence-corrected chi connectivity index (χ0v) is 12.1. The van der Waals surface area contributed by atoms with Crippen LogP contribution >= 0.6 is 23.2 Å². The summed E-state index contributed by atoms with van der Waals surface area (Å²) in [6.07, 6.45) is 4.10. The van der Waals surface area contributed by atoms with E-state index in [0.717, 1.165) is 5.56 Å². The Morgan fingerprint density at radius 1 is 1.37 bits per heavy atom. The van der Waals surface area contributed by atoms with E-state index in [1.54, 1.807) is 17.8 Å². The fourth-order valence-electron chi connectivity index (χ4n) is 2.04. The van der Waals surface area contributed by atoms with E-state index in [9.17, 15) is 4.39 Å². The summed E-state index contributed by atoms with van der Waals surface area (Å²) in [5.74, 6) is -0.524. The molecule has 1 heterocycles. The van der Waals surface area contributed by atoms with Crippen LogP contribution in [0.25, 0.3) is 0 Å². The smallest absolute Gasteiger partial charge is 0.142 e. The first-order chi connectivity index (χ1) is 8.79. The Kier molecular flexibility index (Phi) is 3.85. The predicted octanol–water partition coefficient (Wildman–Crippen LogP) is 3.28. The standard InChI is InChI=1S/C13H14Cl2FN3/c1-13(17,5-8-6-18-19(2)7-8)9-3-12(16)11(15)4-10(9)14/h3-4,6-7H,5,17H2,1-2H3. The van der Waals surface area contributed by atoms with Crippen LogP contribution in [0.3, 0.4) is 0 Å². The highest BCUT2D eigenvalue weighted by atomic mass is 35.5. The van der Waals surface area contributed by atoms with Gasteiger partial charge in [0.2, 0.25) is 0 Å². The topological polar surface area (TPSA) is 43.8 Å². The average Bonchev–Trinajstić information content (AvgIpc) is 2.68. The lowest BCUT2D eigenvalue weighted by atomic mass is 9.87. The van der Waals surface area contributed by atoms with Gasteiger partial charge >= 0.3 is 0 Å². The summed E-state index contributed by atoms with van der Waals surface area (Å²) < 4.78 is 15.3. The molecule has 0 amide bonds. The Morgan fingerprint density at radius 3 is 2.63 bits per heavy atom. The highest BCUT2D eigenvalue weighted by molar-refractivity contribution is 6.35. The third-order valence-electron chi connectivity index (χ3n) is 2.95. The fraction of sp³-hybridized carbons (Fsp3) is 0.308. The van der Waals surface area contributed by atoms with Gasteiger partial charge in [-0.1, -0.05) is 23.2 Å². The Labute approximate surface area is 121 Å². The van der Waals surface area contributed by atoms with Crippen molar-refractivity contribution < 1.29 is 4.39 Å². The number of rotatable bonds is 3. The van der Waals surface area contributed by atoms with Crippen molar-refractivity contribution in [3.8, 4) is 0 Å². The summed E-state index contributed by atoms with van der Waals surface area (Å²) in [7, 11) is 1.83. The molecule has 1 aromatic heterocycles. The lowest BCUT2D eigenvalue weighted by Gasteiger charge is -2.26. The van der Waals surface area contributed by atoms with Crippen LogP contribution in [-0.4, -0.2) is 9.78 Å². The van der Waals surface area contributed by atoms with E-state index in [4.69, 9.17) is 28.9 Å². The summed E-state index contributed by atoms with van der Waals surface area (Å²) in [6, 6.07) is 2.67.